The minimum absolute atomic E-state index is 0.0788. The van der Waals surface area contributed by atoms with E-state index in [-0.39, 0.29) is 30.9 Å². The first-order chi connectivity index (χ1) is 14.1. The summed E-state index contributed by atoms with van der Waals surface area (Å²) in [6.45, 7) is 0.728. The second kappa shape index (κ2) is 6.89. The van der Waals surface area contributed by atoms with Gasteiger partial charge in [0.05, 0.1) is 6.54 Å². The van der Waals surface area contributed by atoms with Crippen molar-refractivity contribution < 1.29 is 28.5 Å². The number of nitrogens with one attached hydrogen (secondary N) is 1. The first kappa shape index (κ1) is 17.7. The Morgan fingerprint density at radius 3 is 2.10 bits per heavy atom. The summed E-state index contributed by atoms with van der Waals surface area (Å²) in [6.07, 6.45) is 0. The molecule has 3 aliphatic heterocycles. The fraction of sp³-hybridized carbons (Fsp3) is 0.200. The number of ether oxygens (including phenoxy) is 4. The number of imide groups is 1. The van der Waals surface area contributed by atoms with Gasteiger partial charge < -0.3 is 24.3 Å². The SMILES string of the molecule is O=C1C(Cl)=C(NCc2ccc3c(c2)OCO3)C(=O)N1Cc1ccc2c(c1)OCO2. The van der Waals surface area contributed by atoms with Gasteiger partial charge in [-0.1, -0.05) is 23.7 Å². The summed E-state index contributed by atoms with van der Waals surface area (Å²) in [4.78, 5) is 26.4. The minimum atomic E-state index is -0.539. The molecule has 0 fully saturated rings. The lowest BCUT2D eigenvalue weighted by Crippen LogP contribution is -2.33. The van der Waals surface area contributed by atoms with Crippen LogP contribution in [-0.2, 0) is 22.7 Å². The predicted octanol–water partition coefficient (Wildman–Crippen LogP) is 2.25. The van der Waals surface area contributed by atoms with E-state index in [1.807, 2.05) is 12.1 Å². The van der Waals surface area contributed by atoms with E-state index in [1.165, 1.54) is 0 Å². The van der Waals surface area contributed by atoms with E-state index >= 15 is 0 Å². The molecule has 148 valence electrons. The molecule has 0 unspecified atom stereocenters. The third-order valence-corrected chi connectivity index (χ3v) is 5.15. The van der Waals surface area contributed by atoms with Crippen LogP contribution >= 0.6 is 11.6 Å². The molecule has 2 aromatic carbocycles. The molecule has 2 amide bonds. The van der Waals surface area contributed by atoms with Gasteiger partial charge in [0.15, 0.2) is 23.0 Å². The summed E-state index contributed by atoms with van der Waals surface area (Å²) in [6, 6.07) is 10.7. The van der Waals surface area contributed by atoms with E-state index in [0.717, 1.165) is 16.0 Å². The van der Waals surface area contributed by atoms with Crippen molar-refractivity contribution in [2.75, 3.05) is 13.6 Å². The maximum atomic E-state index is 12.8. The van der Waals surface area contributed by atoms with Crippen LogP contribution in [0.3, 0.4) is 0 Å². The van der Waals surface area contributed by atoms with E-state index in [2.05, 4.69) is 5.32 Å². The number of hydrogen-bond donors (Lipinski definition) is 1. The second-order valence-electron chi connectivity index (χ2n) is 6.61. The lowest BCUT2D eigenvalue weighted by molar-refractivity contribution is -0.138. The number of amides is 2. The van der Waals surface area contributed by atoms with Gasteiger partial charge in [-0.2, -0.15) is 0 Å². The largest absolute Gasteiger partial charge is 0.454 e. The first-order valence-electron chi connectivity index (χ1n) is 8.87. The van der Waals surface area contributed by atoms with E-state index in [0.29, 0.717) is 29.5 Å². The highest BCUT2D eigenvalue weighted by atomic mass is 35.5. The second-order valence-corrected chi connectivity index (χ2v) is 6.99. The maximum Gasteiger partial charge on any atom is 0.278 e. The van der Waals surface area contributed by atoms with Gasteiger partial charge in [0.25, 0.3) is 11.8 Å². The topological polar surface area (TPSA) is 86.3 Å². The summed E-state index contributed by atoms with van der Waals surface area (Å²) in [7, 11) is 0. The molecule has 0 radical (unpaired) electrons. The molecule has 5 rings (SSSR count). The Labute approximate surface area is 170 Å². The van der Waals surface area contributed by atoms with Gasteiger partial charge in [-0.3, -0.25) is 14.5 Å². The molecule has 0 saturated carbocycles. The van der Waals surface area contributed by atoms with E-state index < -0.39 is 11.8 Å². The number of fused-ring (bicyclic) bond motifs is 2. The molecule has 0 aromatic heterocycles. The number of rotatable bonds is 5. The minimum Gasteiger partial charge on any atom is -0.454 e. The van der Waals surface area contributed by atoms with Gasteiger partial charge in [0.2, 0.25) is 13.6 Å². The van der Waals surface area contributed by atoms with Crippen LogP contribution in [0.5, 0.6) is 23.0 Å². The molecule has 29 heavy (non-hydrogen) atoms. The number of halogens is 1. The molecule has 0 spiro atoms. The van der Waals surface area contributed by atoms with Crippen molar-refractivity contribution in [3.8, 4) is 23.0 Å². The summed E-state index contributed by atoms with van der Waals surface area (Å²) in [5.74, 6) is 1.52. The predicted molar refractivity (Wildman–Crippen MR) is 100 cm³/mol. The lowest BCUT2D eigenvalue weighted by Gasteiger charge is -2.15. The summed E-state index contributed by atoms with van der Waals surface area (Å²) in [5.41, 5.74) is 1.67. The van der Waals surface area contributed by atoms with Gasteiger partial charge in [-0.05, 0) is 35.4 Å². The third kappa shape index (κ3) is 3.11. The average molecular weight is 415 g/mol. The molecule has 0 bridgehead atoms. The van der Waals surface area contributed by atoms with Crippen molar-refractivity contribution in [3.05, 3.63) is 58.3 Å². The number of nitrogens with zero attached hydrogens (tertiary/aromatic N) is 1. The van der Waals surface area contributed by atoms with Crippen molar-refractivity contribution >= 4 is 23.4 Å². The van der Waals surface area contributed by atoms with Crippen LogP contribution < -0.4 is 24.3 Å². The van der Waals surface area contributed by atoms with Crippen LogP contribution in [0.15, 0.2) is 47.1 Å². The fourth-order valence-electron chi connectivity index (χ4n) is 3.31. The highest BCUT2D eigenvalue weighted by Gasteiger charge is 2.37. The Kier molecular flexibility index (Phi) is 4.21. The smallest absolute Gasteiger partial charge is 0.278 e. The van der Waals surface area contributed by atoms with Crippen LogP contribution in [0.2, 0.25) is 0 Å². The van der Waals surface area contributed by atoms with Gasteiger partial charge in [0.1, 0.15) is 10.7 Å². The monoisotopic (exact) mass is 414 g/mol. The molecule has 0 saturated heterocycles. The molecule has 0 atom stereocenters. The van der Waals surface area contributed by atoms with E-state index in [4.69, 9.17) is 30.5 Å². The Morgan fingerprint density at radius 1 is 0.828 bits per heavy atom. The number of benzene rings is 2. The lowest BCUT2D eigenvalue weighted by atomic mass is 10.2. The first-order valence-corrected chi connectivity index (χ1v) is 9.25. The zero-order valence-electron chi connectivity index (χ0n) is 15.1. The van der Waals surface area contributed by atoms with Crippen molar-refractivity contribution in [1.29, 1.82) is 0 Å². The van der Waals surface area contributed by atoms with Crippen molar-refractivity contribution in [2.24, 2.45) is 0 Å². The molecule has 8 nitrogen and oxygen atoms in total. The molecule has 3 aliphatic rings. The van der Waals surface area contributed by atoms with Gasteiger partial charge >= 0.3 is 0 Å². The number of hydrogen-bond acceptors (Lipinski definition) is 7. The van der Waals surface area contributed by atoms with Crippen molar-refractivity contribution in [2.45, 2.75) is 13.1 Å². The zero-order chi connectivity index (χ0) is 20.0. The van der Waals surface area contributed by atoms with Crippen LogP contribution in [0, 0.1) is 0 Å². The van der Waals surface area contributed by atoms with Crippen LogP contribution in [-0.4, -0.2) is 30.3 Å². The van der Waals surface area contributed by atoms with Crippen molar-refractivity contribution in [1.82, 2.24) is 10.2 Å². The number of carbonyl (C=O) groups is 2. The molecule has 0 aliphatic carbocycles. The van der Waals surface area contributed by atoms with Crippen LogP contribution in [0.1, 0.15) is 11.1 Å². The van der Waals surface area contributed by atoms with E-state index in [9.17, 15) is 9.59 Å². The van der Waals surface area contributed by atoms with Crippen molar-refractivity contribution in [3.63, 3.8) is 0 Å². The molecule has 3 heterocycles. The van der Waals surface area contributed by atoms with E-state index in [1.54, 1.807) is 24.3 Å². The maximum absolute atomic E-state index is 12.8. The van der Waals surface area contributed by atoms with Gasteiger partial charge in [-0.25, -0.2) is 0 Å². The average Bonchev–Trinajstić information content (AvgIpc) is 3.43. The fourth-order valence-corrected chi connectivity index (χ4v) is 3.56. The normalized spacial score (nSPS) is 16.8. The molecule has 2 aromatic rings. The summed E-state index contributed by atoms with van der Waals surface area (Å²) < 4.78 is 21.2. The zero-order valence-corrected chi connectivity index (χ0v) is 15.8. The molecule has 9 heteroatoms. The quantitative estimate of drug-likeness (QED) is 0.751. The molecular formula is C20H15ClN2O6. The Balaban J connectivity index is 1.29. The molecular weight excluding hydrogens is 400 g/mol. The Bertz CT molecular complexity index is 1070. The summed E-state index contributed by atoms with van der Waals surface area (Å²) in [5, 5.41) is 2.84. The van der Waals surface area contributed by atoms with Crippen LogP contribution in [0.25, 0.3) is 0 Å². The highest BCUT2D eigenvalue weighted by molar-refractivity contribution is 6.47. The molecule has 1 N–H and O–H groups in total. The Hall–Kier alpha value is -3.39. The van der Waals surface area contributed by atoms with Gasteiger partial charge in [-0.15, -0.1) is 0 Å². The standard InChI is InChI=1S/C20H15ClN2O6/c21-17-18(22-7-11-1-3-13-15(5-11)28-9-26-13)20(25)23(19(17)24)8-12-2-4-14-16(6-12)29-10-27-14/h1-6,22H,7-10H2. The Morgan fingerprint density at radius 2 is 1.41 bits per heavy atom. The third-order valence-electron chi connectivity index (χ3n) is 4.80. The van der Waals surface area contributed by atoms with Gasteiger partial charge in [0, 0.05) is 6.54 Å². The highest BCUT2D eigenvalue weighted by Crippen LogP contribution is 2.34. The van der Waals surface area contributed by atoms with Crippen LogP contribution in [0.4, 0.5) is 0 Å². The summed E-state index contributed by atoms with van der Waals surface area (Å²) >= 11 is 6.15. The number of carbonyl (C=O) groups excluding carboxylic acids is 2.